The van der Waals surface area contributed by atoms with Gasteiger partial charge < -0.3 is 14.7 Å². The van der Waals surface area contributed by atoms with Crippen molar-refractivity contribution >= 4 is 5.82 Å². The highest BCUT2D eigenvalue weighted by Crippen LogP contribution is 2.45. The summed E-state index contributed by atoms with van der Waals surface area (Å²) in [4.78, 5) is 14.4. The van der Waals surface area contributed by atoms with E-state index in [0.29, 0.717) is 22.9 Å². The summed E-state index contributed by atoms with van der Waals surface area (Å²) in [6.07, 6.45) is 8.25. The van der Waals surface area contributed by atoms with Gasteiger partial charge in [0, 0.05) is 17.0 Å². The number of halogens is 2. The lowest BCUT2D eigenvalue weighted by molar-refractivity contribution is 0.0577. The molecule has 2 aromatic heterocycles. The predicted octanol–water partition coefficient (Wildman–Crippen LogP) is 6.15. The van der Waals surface area contributed by atoms with Crippen LogP contribution >= 0.6 is 0 Å². The van der Waals surface area contributed by atoms with Gasteiger partial charge in [-0.3, -0.25) is 0 Å². The van der Waals surface area contributed by atoms with Crippen molar-refractivity contribution in [3.05, 3.63) is 36.4 Å². The Bertz CT molecular complexity index is 1310. The molecule has 39 heavy (non-hydrogen) atoms. The molecule has 4 atom stereocenters. The van der Waals surface area contributed by atoms with Gasteiger partial charge in [0.2, 0.25) is 0 Å². The quantitative estimate of drug-likeness (QED) is 0.383. The largest absolute Gasteiger partial charge is 0.507 e. The summed E-state index contributed by atoms with van der Waals surface area (Å²) in [7, 11) is 1.39. The highest BCUT2D eigenvalue weighted by Gasteiger charge is 2.46. The van der Waals surface area contributed by atoms with E-state index >= 15 is 4.39 Å². The van der Waals surface area contributed by atoms with Gasteiger partial charge in [-0.1, -0.05) is 39.7 Å². The first kappa shape index (κ1) is 27.1. The number of ether oxygens (including phenoxy) is 1. The van der Waals surface area contributed by atoms with Crippen LogP contribution in [-0.4, -0.2) is 55.6 Å². The zero-order valence-corrected chi connectivity index (χ0v) is 22.9. The van der Waals surface area contributed by atoms with E-state index < -0.39 is 12.0 Å². The van der Waals surface area contributed by atoms with E-state index in [2.05, 4.69) is 50.8 Å². The Hall–Kier alpha value is -3.43. The van der Waals surface area contributed by atoms with Crippen molar-refractivity contribution < 1.29 is 18.6 Å². The van der Waals surface area contributed by atoms with Crippen molar-refractivity contribution in [3.63, 3.8) is 0 Å². The van der Waals surface area contributed by atoms with Crippen LogP contribution in [0.5, 0.6) is 11.8 Å². The fourth-order valence-corrected chi connectivity index (χ4v) is 5.74. The molecule has 0 radical (unpaired) electrons. The molecule has 0 saturated heterocycles. The summed E-state index contributed by atoms with van der Waals surface area (Å²) >= 11 is 0. The number of anilines is 1. The normalized spacial score (nSPS) is 25.5. The van der Waals surface area contributed by atoms with Crippen LogP contribution in [0.2, 0.25) is 0 Å². The standard InChI is InChI=1S/C29H36F2N6O2/c1-5-29(3)12-6-7-17(2)13-22(26(29)31)37(19-9-10-19)24-16-32-27(36-35-24)20-11-8-18(14-23(20)38)25-21(30)15-33-28(34-25)39-4/h8,11,14-17,19,22,26,38H,5-7,9-10,12-13H2,1-4H3/t17?,22-,26-,29+/m0/s1. The summed E-state index contributed by atoms with van der Waals surface area (Å²) in [5.74, 6) is 0.423. The van der Waals surface area contributed by atoms with Gasteiger partial charge in [0.05, 0.1) is 31.1 Å². The first-order valence-corrected chi connectivity index (χ1v) is 13.8. The molecule has 208 valence electrons. The minimum atomic E-state index is -0.982. The molecule has 2 aliphatic rings. The van der Waals surface area contributed by atoms with Gasteiger partial charge in [-0.15, -0.1) is 10.2 Å². The average molecular weight is 539 g/mol. The van der Waals surface area contributed by atoms with Crippen LogP contribution in [-0.2, 0) is 0 Å². The fourth-order valence-electron chi connectivity index (χ4n) is 5.74. The molecule has 0 amide bonds. The number of nitrogens with zero attached hydrogens (tertiary/aromatic N) is 6. The Morgan fingerprint density at radius 2 is 1.95 bits per heavy atom. The Morgan fingerprint density at radius 1 is 1.15 bits per heavy atom. The van der Waals surface area contributed by atoms with E-state index in [-0.39, 0.29) is 40.8 Å². The molecule has 0 bridgehead atoms. The van der Waals surface area contributed by atoms with Crippen LogP contribution in [0.4, 0.5) is 14.6 Å². The second-order valence-corrected chi connectivity index (χ2v) is 11.3. The number of alkyl halides is 1. The van der Waals surface area contributed by atoms with Crippen molar-refractivity contribution in [2.75, 3.05) is 12.0 Å². The van der Waals surface area contributed by atoms with Crippen molar-refractivity contribution in [2.24, 2.45) is 11.3 Å². The van der Waals surface area contributed by atoms with Crippen LogP contribution in [0.1, 0.15) is 65.7 Å². The molecule has 1 aromatic carbocycles. The molecule has 0 spiro atoms. The summed E-state index contributed by atoms with van der Waals surface area (Å²) in [6, 6.07) is 4.56. The molecular formula is C29H36F2N6O2. The molecule has 1 unspecified atom stereocenters. The number of methoxy groups -OCH3 is 1. The van der Waals surface area contributed by atoms with E-state index in [0.717, 1.165) is 51.1 Å². The Balaban J connectivity index is 1.43. The number of phenols is 1. The maximum atomic E-state index is 16.3. The molecule has 8 nitrogen and oxygen atoms in total. The number of hydrogen-bond acceptors (Lipinski definition) is 8. The van der Waals surface area contributed by atoms with Gasteiger partial charge >= 0.3 is 6.01 Å². The highest BCUT2D eigenvalue weighted by atomic mass is 19.1. The Kier molecular flexibility index (Phi) is 7.64. The van der Waals surface area contributed by atoms with Gasteiger partial charge in [0.15, 0.2) is 17.5 Å². The zero-order valence-electron chi connectivity index (χ0n) is 22.9. The number of phenolic OH excluding ortho intramolecular Hbond substituents is 1. The SMILES string of the molecule is CC[C@]1(C)CCCC(C)C[C@H](N(c2cnc(-c3ccc(-c4nc(OC)ncc4F)cc3O)nn2)C2CC2)[C@@H]1F. The minimum absolute atomic E-state index is 0.00597. The molecule has 5 rings (SSSR count). The summed E-state index contributed by atoms with van der Waals surface area (Å²) in [6.45, 7) is 6.37. The molecule has 2 heterocycles. The lowest BCUT2D eigenvalue weighted by Crippen LogP contribution is -2.51. The van der Waals surface area contributed by atoms with Gasteiger partial charge in [0.1, 0.15) is 17.6 Å². The maximum Gasteiger partial charge on any atom is 0.316 e. The van der Waals surface area contributed by atoms with E-state index in [9.17, 15) is 9.50 Å². The molecule has 0 aliphatic heterocycles. The van der Waals surface area contributed by atoms with Crippen LogP contribution in [0, 0.1) is 17.2 Å². The first-order valence-electron chi connectivity index (χ1n) is 13.8. The second-order valence-electron chi connectivity index (χ2n) is 11.3. The van der Waals surface area contributed by atoms with Crippen LogP contribution in [0.3, 0.4) is 0 Å². The summed E-state index contributed by atoms with van der Waals surface area (Å²) in [5.41, 5.74) is 0.329. The van der Waals surface area contributed by atoms with Crippen molar-refractivity contribution in [1.29, 1.82) is 0 Å². The Labute approximate surface area is 227 Å². The van der Waals surface area contributed by atoms with Gasteiger partial charge in [-0.05, 0) is 50.2 Å². The smallest absolute Gasteiger partial charge is 0.316 e. The molecule has 2 fully saturated rings. The van der Waals surface area contributed by atoms with E-state index in [1.54, 1.807) is 18.3 Å². The number of aromatic hydroxyl groups is 1. The molecule has 10 heteroatoms. The predicted molar refractivity (Wildman–Crippen MR) is 145 cm³/mol. The molecule has 2 aliphatic carbocycles. The van der Waals surface area contributed by atoms with Gasteiger partial charge in [-0.2, -0.15) is 4.98 Å². The third kappa shape index (κ3) is 5.51. The van der Waals surface area contributed by atoms with E-state index in [1.165, 1.54) is 13.2 Å². The first-order chi connectivity index (χ1) is 18.7. The van der Waals surface area contributed by atoms with Crippen LogP contribution < -0.4 is 9.64 Å². The zero-order chi connectivity index (χ0) is 27.7. The maximum absolute atomic E-state index is 16.3. The van der Waals surface area contributed by atoms with Gasteiger partial charge in [-0.25, -0.2) is 18.7 Å². The van der Waals surface area contributed by atoms with Crippen molar-refractivity contribution in [1.82, 2.24) is 25.1 Å². The molecule has 2 saturated carbocycles. The lowest BCUT2D eigenvalue weighted by Gasteiger charge is -2.45. The number of aromatic nitrogens is 5. The van der Waals surface area contributed by atoms with Crippen molar-refractivity contribution in [3.8, 4) is 34.4 Å². The minimum Gasteiger partial charge on any atom is -0.507 e. The third-order valence-electron chi connectivity index (χ3n) is 8.43. The average Bonchev–Trinajstić information content (AvgIpc) is 3.77. The number of benzene rings is 1. The fraction of sp³-hybridized carbons (Fsp3) is 0.552. The monoisotopic (exact) mass is 538 g/mol. The second kappa shape index (κ2) is 11.0. The lowest BCUT2D eigenvalue weighted by atomic mass is 9.71. The number of hydrogen-bond donors (Lipinski definition) is 1. The molecule has 3 aromatic rings. The summed E-state index contributed by atoms with van der Waals surface area (Å²) in [5, 5.41) is 19.5. The van der Waals surface area contributed by atoms with E-state index in [4.69, 9.17) is 4.74 Å². The highest BCUT2D eigenvalue weighted by molar-refractivity contribution is 5.71. The summed E-state index contributed by atoms with van der Waals surface area (Å²) < 4.78 is 35.6. The Morgan fingerprint density at radius 3 is 2.59 bits per heavy atom. The van der Waals surface area contributed by atoms with E-state index in [1.807, 2.05) is 0 Å². The molecule has 1 N–H and O–H groups in total. The number of rotatable bonds is 7. The van der Waals surface area contributed by atoms with Crippen molar-refractivity contribution in [2.45, 2.75) is 84.0 Å². The van der Waals surface area contributed by atoms with Crippen LogP contribution in [0.15, 0.2) is 30.6 Å². The topological polar surface area (TPSA) is 97.2 Å². The third-order valence-corrected chi connectivity index (χ3v) is 8.43. The molecular weight excluding hydrogens is 502 g/mol. The van der Waals surface area contributed by atoms with Crippen LogP contribution in [0.25, 0.3) is 22.6 Å². The van der Waals surface area contributed by atoms with Gasteiger partial charge in [0.25, 0.3) is 0 Å².